The topological polar surface area (TPSA) is 22.0 Å². The Morgan fingerprint density at radius 3 is 2.41 bits per heavy atom. The zero-order chi connectivity index (χ0) is 15.4. The van der Waals surface area contributed by atoms with Gasteiger partial charge < -0.3 is 4.57 Å². The number of fused-ring (bicyclic) bond motifs is 1. The van der Waals surface area contributed by atoms with Crippen molar-refractivity contribution in [1.82, 2.24) is 4.57 Å². The fourth-order valence-electron chi connectivity index (χ4n) is 2.89. The Bertz CT molecular complexity index is 818. The van der Waals surface area contributed by atoms with Crippen LogP contribution in [0.1, 0.15) is 26.2 Å². The summed E-state index contributed by atoms with van der Waals surface area (Å²) in [6.45, 7) is 3.16. The van der Waals surface area contributed by atoms with Crippen molar-refractivity contribution in [3.05, 3.63) is 71.0 Å². The molecule has 1 heterocycles. The average Bonchev–Trinajstić information content (AvgIpc) is 2.58. The van der Waals surface area contributed by atoms with Gasteiger partial charge in [0.05, 0.1) is 5.52 Å². The molecule has 0 N–H and O–H groups in total. The smallest absolute Gasteiger partial charge is 0.197 e. The zero-order valence-corrected chi connectivity index (χ0v) is 13.0. The SMILES string of the molecule is CCCCCn1cc(-c2ccccc2)c(=O)c2ccccc21. The maximum Gasteiger partial charge on any atom is 0.197 e. The van der Waals surface area contributed by atoms with Crippen LogP contribution in [0.3, 0.4) is 0 Å². The molecule has 0 fully saturated rings. The highest BCUT2D eigenvalue weighted by Gasteiger charge is 2.10. The van der Waals surface area contributed by atoms with Crippen LogP contribution in [0, 0.1) is 0 Å². The number of para-hydroxylation sites is 1. The third-order valence-corrected chi connectivity index (χ3v) is 4.08. The monoisotopic (exact) mass is 291 g/mol. The number of nitrogens with zero attached hydrogens (tertiary/aromatic N) is 1. The molecular weight excluding hydrogens is 270 g/mol. The van der Waals surface area contributed by atoms with Crippen LogP contribution in [0.2, 0.25) is 0 Å². The van der Waals surface area contributed by atoms with E-state index in [2.05, 4.69) is 11.5 Å². The van der Waals surface area contributed by atoms with Gasteiger partial charge in [0.25, 0.3) is 0 Å². The molecule has 22 heavy (non-hydrogen) atoms. The molecule has 0 aliphatic rings. The molecule has 0 spiro atoms. The van der Waals surface area contributed by atoms with E-state index in [1.807, 2.05) is 60.8 Å². The Morgan fingerprint density at radius 1 is 0.909 bits per heavy atom. The van der Waals surface area contributed by atoms with Crippen molar-refractivity contribution in [3.8, 4) is 11.1 Å². The zero-order valence-electron chi connectivity index (χ0n) is 13.0. The van der Waals surface area contributed by atoms with Crippen LogP contribution >= 0.6 is 0 Å². The molecule has 2 nitrogen and oxygen atoms in total. The van der Waals surface area contributed by atoms with Crippen LogP contribution in [0.5, 0.6) is 0 Å². The highest BCUT2D eigenvalue weighted by molar-refractivity contribution is 5.83. The van der Waals surface area contributed by atoms with Crippen LogP contribution < -0.4 is 5.43 Å². The van der Waals surface area contributed by atoms with E-state index in [-0.39, 0.29) is 5.43 Å². The summed E-state index contributed by atoms with van der Waals surface area (Å²) < 4.78 is 2.23. The third kappa shape index (κ3) is 2.82. The van der Waals surface area contributed by atoms with E-state index in [9.17, 15) is 4.79 Å². The van der Waals surface area contributed by atoms with Crippen LogP contribution in [-0.2, 0) is 6.54 Å². The number of hydrogen-bond acceptors (Lipinski definition) is 1. The largest absolute Gasteiger partial charge is 0.347 e. The first-order chi connectivity index (χ1) is 10.8. The van der Waals surface area contributed by atoms with Crippen molar-refractivity contribution >= 4 is 10.9 Å². The molecule has 3 rings (SSSR count). The van der Waals surface area contributed by atoms with Gasteiger partial charge in [-0.2, -0.15) is 0 Å². The maximum atomic E-state index is 12.8. The van der Waals surface area contributed by atoms with Gasteiger partial charge in [-0.15, -0.1) is 0 Å². The van der Waals surface area contributed by atoms with Gasteiger partial charge in [-0.3, -0.25) is 4.79 Å². The number of aryl methyl sites for hydroxylation is 1. The van der Waals surface area contributed by atoms with Crippen molar-refractivity contribution in [2.75, 3.05) is 0 Å². The number of benzene rings is 2. The Kier molecular flexibility index (Phi) is 4.38. The molecule has 0 unspecified atom stereocenters. The van der Waals surface area contributed by atoms with Gasteiger partial charge in [0.15, 0.2) is 5.43 Å². The minimum atomic E-state index is 0.119. The van der Waals surface area contributed by atoms with Crippen molar-refractivity contribution in [1.29, 1.82) is 0 Å². The van der Waals surface area contributed by atoms with Crippen molar-refractivity contribution < 1.29 is 0 Å². The second kappa shape index (κ2) is 6.61. The predicted octanol–water partition coefficient (Wildman–Crippen LogP) is 4.86. The summed E-state index contributed by atoms with van der Waals surface area (Å²) in [4.78, 5) is 12.8. The second-order valence-electron chi connectivity index (χ2n) is 5.66. The number of unbranched alkanes of at least 4 members (excludes halogenated alkanes) is 2. The molecule has 1 aromatic heterocycles. The Morgan fingerprint density at radius 2 is 1.64 bits per heavy atom. The number of pyridine rings is 1. The summed E-state index contributed by atoms with van der Waals surface area (Å²) in [5, 5.41) is 0.806. The molecule has 2 aromatic carbocycles. The van der Waals surface area contributed by atoms with Crippen molar-refractivity contribution in [2.45, 2.75) is 32.7 Å². The lowest BCUT2D eigenvalue weighted by Gasteiger charge is -2.13. The minimum absolute atomic E-state index is 0.119. The van der Waals surface area contributed by atoms with E-state index < -0.39 is 0 Å². The van der Waals surface area contributed by atoms with Crippen LogP contribution in [0.15, 0.2) is 65.6 Å². The molecular formula is C20H21NO. The van der Waals surface area contributed by atoms with Gasteiger partial charge in [0.2, 0.25) is 0 Å². The van der Waals surface area contributed by atoms with Crippen LogP contribution in [0.25, 0.3) is 22.0 Å². The Hall–Kier alpha value is -2.35. The van der Waals surface area contributed by atoms with E-state index >= 15 is 0 Å². The van der Waals surface area contributed by atoms with Crippen molar-refractivity contribution in [3.63, 3.8) is 0 Å². The molecule has 0 saturated carbocycles. The van der Waals surface area contributed by atoms with Gasteiger partial charge in [-0.1, -0.05) is 62.2 Å². The summed E-state index contributed by atoms with van der Waals surface area (Å²) in [5.41, 5.74) is 2.93. The van der Waals surface area contributed by atoms with Crippen LogP contribution in [-0.4, -0.2) is 4.57 Å². The summed E-state index contributed by atoms with van der Waals surface area (Å²) in [6, 6.07) is 17.8. The molecule has 0 amide bonds. The third-order valence-electron chi connectivity index (χ3n) is 4.08. The number of aromatic nitrogens is 1. The first-order valence-electron chi connectivity index (χ1n) is 7.99. The quantitative estimate of drug-likeness (QED) is 0.615. The highest BCUT2D eigenvalue weighted by atomic mass is 16.1. The number of hydrogen-bond donors (Lipinski definition) is 0. The van der Waals surface area contributed by atoms with E-state index in [4.69, 9.17) is 0 Å². The summed E-state index contributed by atoms with van der Waals surface area (Å²) in [5.74, 6) is 0. The second-order valence-corrected chi connectivity index (χ2v) is 5.66. The minimum Gasteiger partial charge on any atom is -0.347 e. The van der Waals surface area contributed by atoms with Crippen molar-refractivity contribution in [2.24, 2.45) is 0 Å². The molecule has 0 aliphatic carbocycles. The van der Waals surface area contributed by atoms with E-state index in [1.54, 1.807) is 0 Å². The average molecular weight is 291 g/mol. The fourth-order valence-corrected chi connectivity index (χ4v) is 2.89. The lowest BCUT2D eigenvalue weighted by Crippen LogP contribution is -2.12. The molecule has 0 aliphatic heterocycles. The fraction of sp³-hybridized carbons (Fsp3) is 0.250. The Balaban J connectivity index is 2.17. The van der Waals surface area contributed by atoms with Crippen LogP contribution in [0.4, 0.5) is 0 Å². The first-order valence-corrected chi connectivity index (χ1v) is 7.99. The number of rotatable bonds is 5. The van der Waals surface area contributed by atoms with Gasteiger partial charge >= 0.3 is 0 Å². The predicted molar refractivity (Wildman–Crippen MR) is 93.2 cm³/mol. The normalized spacial score (nSPS) is 11.0. The molecule has 0 saturated heterocycles. The highest BCUT2D eigenvalue weighted by Crippen LogP contribution is 2.20. The van der Waals surface area contributed by atoms with Gasteiger partial charge in [0.1, 0.15) is 0 Å². The Labute approximate surface area is 131 Å². The molecule has 3 aromatic rings. The van der Waals surface area contributed by atoms with Gasteiger partial charge in [0, 0.05) is 23.7 Å². The van der Waals surface area contributed by atoms with Gasteiger partial charge in [-0.25, -0.2) is 0 Å². The molecule has 0 atom stereocenters. The lowest BCUT2D eigenvalue weighted by molar-refractivity contribution is 0.614. The van der Waals surface area contributed by atoms with E-state index in [1.165, 1.54) is 12.8 Å². The lowest BCUT2D eigenvalue weighted by atomic mass is 10.0. The van der Waals surface area contributed by atoms with E-state index in [0.717, 1.165) is 35.0 Å². The summed E-state index contributed by atoms with van der Waals surface area (Å²) >= 11 is 0. The molecule has 2 heteroatoms. The summed E-state index contributed by atoms with van der Waals surface area (Å²) in [7, 11) is 0. The standard InChI is InChI=1S/C20H21NO/c1-2-3-9-14-21-15-18(16-10-5-4-6-11-16)20(22)17-12-7-8-13-19(17)21/h4-8,10-13,15H,2-3,9,14H2,1H3. The molecule has 0 radical (unpaired) electrons. The van der Waals surface area contributed by atoms with Gasteiger partial charge in [-0.05, 0) is 24.1 Å². The first kappa shape index (κ1) is 14.6. The summed E-state index contributed by atoms with van der Waals surface area (Å²) in [6.07, 6.45) is 5.57. The molecule has 112 valence electrons. The molecule has 0 bridgehead atoms. The van der Waals surface area contributed by atoms with E-state index in [0.29, 0.717) is 0 Å². The maximum absolute atomic E-state index is 12.8.